The van der Waals surface area contributed by atoms with Crippen LogP contribution in [0.2, 0.25) is 0 Å². The second-order valence-corrected chi connectivity index (χ2v) is 10.2. The van der Waals surface area contributed by atoms with E-state index < -0.39 is 0 Å². The summed E-state index contributed by atoms with van der Waals surface area (Å²) in [6.07, 6.45) is 5.99. The number of fused-ring (bicyclic) bond motifs is 1. The molecule has 5 nitrogen and oxygen atoms in total. The van der Waals surface area contributed by atoms with Gasteiger partial charge in [0.1, 0.15) is 0 Å². The lowest BCUT2D eigenvalue weighted by Crippen LogP contribution is -2.43. The van der Waals surface area contributed by atoms with Gasteiger partial charge in [-0.1, -0.05) is 12.1 Å². The molecule has 0 N–H and O–H groups in total. The molecule has 0 radical (unpaired) electrons. The number of hydrogen-bond acceptors (Lipinski definition) is 5. The average Bonchev–Trinajstić information content (AvgIpc) is 3.64. The molecule has 0 atom stereocenters. The zero-order valence-electron chi connectivity index (χ0n) is 18.6. The molecule has 1 aromatic carbocycles. The summed E-state index contributed by atoms with van der Waals surface area (Å²) in [5, 5.41) is 0. The molecule has 1 aliphatic carbocycles. The van der Waals surface area contributed by atoms with Gasteiger partial charge in [-0.2, -0.15) is 11.8 Å². The molecule has 1 saturated heterocycles. The molecule has 1 saturated carbocycles. The van der Waals surface area contributed by atoms with Gasteiger partial charge in [-0.15, -0.1) is 0 Å². The van der Waals surface area contributed by atoms with Crippen LogP contribution in [0.3, 0.4) is 0 Å². The summed E-state index contributed by atoms with van der Waals surface area (Å²) >= 11 is 2.08. The zero-order valence-corrected chi connectivity index (χ0v) is 19.4. The van der Waals surface area contributed by atoms with Crippen LogP contribution in [0, 0.1) is 5.92 Å². The van der Waals surface area contributed by atoms with Gasteiger partial charge in [0.25, 0.3) is 5.56 Å². The van der Waals surface area contributed by atoms with Gasteiger partial charge in [0.2, 0.25) is 0 Å². The highest BCUT2D eigenvalue weighted by Gasteiger charge is 2.30. The minimum absolute atomic E-state index is 0.111. The van der Waals surface area contributed by atoms with Crippen LogP contribution in [-0.2, 0) is 19.5 Å². The third-order valence-electron chi connectivity index (χ3n) is 7.04. The van der Waals surface area contributed by atoms with E-state index in [4.69, 9.17) is 9.47 Å². The average molecular weight is 441 g/mol. The Kier molecular flexibility index (Phi) is 6.02. The maximum atomic E-state index is 13.7. The molecule has 6 heteroatoms. The maximum Gasteiger partial charge on any atom is 0.258 e. The highest BCUT2D eigenvalue weighted by molar-refractivity contribution is 7.99. The number of para-hydroxylation sites is 1. The van der Waals surface area contributed by atoms with Crippen molar-refractivity contribution in [3.8, 4) is 22.6 Å². The molecule has 166 valence electrons. The van der Waals surface area contributed by atoms with Gasteiger partial charge in [0.15, 0.2) is 11.5 Å². The van der Waals surface area contributed by atoms with Crippen molar-refractivity contribution >= 4 is 11.8 Å². The number of rotatable bonds is 6. The highest BCUT2D eigenvalue weighted by atomic mass is 32.2. The minimum atomic E-state index is 0.111. The van der Waals surface area contributed by atoms with Gasteiger partial charge in [-0.3, -0.25) is 9.69 Å². The monoisotopic (exact) mass is 440 g/mol. The van der Waals surface area contributed by atoms with Crippen LogP contribution in [0.25, 0.3) is 11.1 Å². The lowest BCUT2D eigenvalue weighted by molar-refractivity contribution is 0.165. The van der Waals surface area contributed by atoms with Crippen LogP contribution in [0.15, 0.2) is 29.1 Å². The number of benzene rings is 1. The Morgan fingerprint density at radius 2 is 1.87 bits per heavy atom. The van der Waals surface area contributed by atoms with Crippen molar-refractivity contribution in [2.45, 2.75) is 51.2 Å². The van der Waals surface area contributed by atoms with Crippen LogP contribution in [-0.4, -0.2) is 47.8 Å². The molecule has 3 heterocycles. The summed E-state index contributed by atoms with van der Waals surface area (Å²) < 4.78 is 13.3. The lowest BCUT2D eigenvalue weighted by atomic mass is 9.96. The van der Waals surface area contributed by atoms with Crippen LogP contribution in [0.4, 0.5) is 0 Å². The highest BCUT2D eigenvalue weighted by Crippen LogP contribution is 2.38. The van der Waals surface area contributed by atoms with Crippen molar-refractivity contribution in [2.75, 3.05) is 32.3 Å². The predicted octanol–water partition coefficient (Wildman–Crippen LogP) is 4.20. The number of pyridine rings is 1. The fourth-order valence-corrected chi connectivity index (χ4v) is 6.23. The summed E-state index contributed by atoms with van der Waals surface area (Å²) in [4.78, 5) is 16.4. The molecular formula is C25H32N2O3S. The van der Waals surface area contributed by atoms with Crippen LogP contribution >= 0.6 is 11.8 Å². The van der Waals surface area contributed by atoms with Crippen LogP contribution in [0.1, 0.15) is 36.9 Å². The third-order valence-corrected chi connectivity index (χ3v) is 8.09. The molecule has 0 spiro atoms. The van der Waals surface area contributed by atoms with Crippen LogP contribution in [0.5, 0.6) is 11.5 Å². The number of thioether (sulfide) groups is 1. The third kappa shape index (κ3) is 4.12. The summed E-state index contributed by atoms with van der Waals surface area (Å²) in [6, 6.07) is 8.61. The minimum Gasteiger partial charge on any atom is -0.493 e. The first kappa shape index (κ1) is 21.0. The first-order chi connectivity index (χ1) is 15.2. The van der Waals surface area contributed by atoms with Crippen molar-refractivity contribution in [3.05, 3.63) is 45.9 Å². The molecular weight excluding hydrogens is 408 g/mol. The Balaban J connectivity index is 1.59. The second-order valence-electron chi connectivity index (χ2n) is 8.99. The van der Waals surface area contributed by atoms with E-state index in [9.17, 15) is 4.79 Å². The fourth-order valence-electron chi connectivity index (χ4n) is 5.15. The first-order valence-electron chi connectivity index (χ1n) is 11.5. The normalized spacial score (nSPS) is 19.8. The lowest BCUT2D eigenvalue weighted by Gasteiger charge is -2.38. The number of nitrogens with zero attached hydrogens (tertiary/aromatic N) is 2. The Labute approximate surface area is 188 Å². The van der Waals surface area contributed by atoms with E-state index in [2.05, 4.69) is 27.3 Å². The first-order valence-corrected chi connectivity index (χ1v) is 12.6. The van der Waals surface area contributed by atoms with E-state index in [0.717, 1.165) is 37.2 Å². The molecule has 5 rings (SSSR count). The molecule has 0 bridgehead atoms. The Bertz CT molecular complexity index is 1010. The van der Waals surface area contributed by atoms with E-state index in [1.54, 1.807) is 14.2 Å². The Morgan fingerprint density at radius 3 is 2.58 bits per heavy atom. The molecule has 31 heavy (non-hydrogen) atoms. The molecule has 3 aliphatic rings. The molecule has 0 unspecified atom stereocenters. The largest absolute Gasteiger partial charge is 0.493 e. The van der Waals surface area contributed by atoms with Gasteiger partial charge < -0.3 is 14.0 Å². The van der Waals surface area contributed by atoms with Crippen molar-refractivity contribution < 1.29 is 9.47 Å². The van der Waals surface area contributed by atoms with Gasteiger partial charge in [0, 0.05) is 43.4 Å². The second kappa shape index (κ2) is 8.91. The SMILES string of the molecule is COc1cccc(-c2cc3c(n(CC4CC4)c2=O)CCN(C2CCSCC2)C3)c1OC. The smallest absolute Gasteiger partial charge is 0.258 e. The number of hydrogen-bond donors (Lipinski definition) is 0. The van der Waals surface area contributed by atoms with Gasteiger partial charge in [0.05, 0.1) is 19.8 Å². The van der Waals surface area contributed by atoms with Crippen LogP contribution < -0.4 is 15.0 Å². The number of ether oxygens (including phenoxy) is 2. The summed E-state index contributed by atoms with van der Waals surface area (Å²) in [7, 11) is 3.28. The van der Waals surface area contributed by atoms with E-state index in [1.807, 2.05) is 18.2 Å². The molecule has 2 aliphatic heterocycles. The Morgan fingerprint density at radius 1 is 1.06 bits per heavy atom. The van der Waals surface area contributed by atoms with Crippen molar-refractivity contribution in [2.24, 2.45) is 5.92 Å². The van der Waals surface area contributed by atoms with Gasteiger partial charge in [-0.25, -0.2) is 0 Å². The standard InChI is InChI=1S/C25H32N2O3S/c1-29-23-5-3-4-20(24(23)30-2)21-14-18-16-26(19-9-12-31-13-10-19)11-8-22(18)27(25(21)28)15-17-6-7-17/h3-5,14,17,19H,6-13,15-16H2,1-2H3. The molecule has 2 fully saturated rings. The fraction of sp³-hybridized carbons (Fsp3) is 0.560. The van der Waals surface area contributed by atoms with Crippen molar-refractivity contribution in [1.29, 1.82) is 0 Å². The van der Waals surface area contributed by atoms with Gasteiger partial charge in [-0.05, 0) is 60.8 Å². The molecule has 1 aromatic heterocycles. The quantitative estimate of drug-likeness (QED) is 0.674. The van der Waals surface area contributed by atoms with E-state index >= 15 is 0 Å². The van der Waals surface area contributed by atoms with E-state index in [-0.39, 0.29) is 5.56 Å². The zero-order chi connectivity index (χ0) is 21.4. The van der Waals surface area contributed by atoms with E-state index in [1.165, 1.54) is 48.4 Å². The summed E-state index contributed by atoms with van der Waals surface area (Å²) in [5.41, 5.74) is 4.23. The predicted molar refractivity (Wildman–Crippen MR) is 126 cm³/mol. The summed E-state index contributed by atoms with van der Waals surface area (Å²) in [5.74, 6) is 4.48. The molecule has 2 aromatic rings. The van der Waals surface area contributed by atoms with E-state index in [0.29, 0.717) is 23.5 Å². The molecule has 0 amide bonds. The Hall–Kier alpha value is -1.92. The summed E-state index contributed by atoms with van der Waals surface area (Å²) in [6.45, 7) is 2.85. The van der Waals surface area contributed by atoms with Crippen molar-refractivity contribution in [3.63, 3.8) is 0 Å². The van der Waals surface area contributed by atoms with Crippen molar-refractivity contribution in [1.82, 2.24) is 9.47 Å². The number of aromatic nitrogens is 1. The van der Waals surface area contributed by atoms with Gasteiger partial charge >= 0.3 is 0 Å². The topological polar surface area (TPSA) is 43.7 Å². The number of methoxy groups -OCH3 is 2. The maximum absolute atomic E-state index is 13.7.